The van der Waals surface area contributed by atoms with Gasteiger partial charge in [0, 0.05) is 17.5 Å². The molecule has 28 heavy (non-hydrogen) atoms. The summed E-state index contributed by atoms with van der Waals surface area (Å²) in [6.07, 6.45) is 5.96. The lowest BCUT2D eigenvalue weighted by molar-refractivity contribution is -0.125. The third-order valence-electron chi connectivity index (χ3n) is 5.52. The number of nitrogens with zero attached hydrogens (tertiary/aromatic N) is 1. The molecule has 146 valence electrons. The number of rotatable bonds is 5. The van der Waals surface area contributed by atoms with Crippen molar-refractivity contribution in [1.29, 1.82) is 0 Å². The zero-order chi connectivity index (χ0) is 19.5. The Balaban J connectivity index is 1.71. The van der Waals surface area contributed by atoms with Crippen molar-refractivity contribution in [2.24, 2.45) is 0 Å². The molecule has 1 saturated carbocycles. The number of aromatic nitrogens is 2. The van der Waals surface area contributed by atoms with Crippen molar-refractivity contribution in [2.45, 2.75) is 50.6 Å². The summed E-state index contributed by atoms with van der Waals surface area (Å²) in [5, 5.41) is 3.74. The fourth-order valence-electron chi connectivity index (χ4n) is 4.10. The molecular formula is C22H24ClN3O2. The number of H-pyrrole nitrogens is 1. The van der Waals surface area contributed by atoms with Crippen LogP contribution in [-0.4, -0.2) is 21.5 Å². The predicted octanol–water partition coefficient (Wildman–Crippen LogP) is 4.22. The molecule has 0 spiro atoms. The minimum absolute atomic E-state index is 0.103. The van der Waals surface area contributed by atoms with Gasteiger partial charge in [-0.05, 0) is 36.6 Å². The van der Waals surface area contributed by atoms with Crippen LogP contribution in [0.5, 0.6) is 0 Å². The van der Waals surface area contributed by atoms with Gasteiger partial charge in [-0.1, -0.05) is 61.2 Å². The highest BCUT2D eigenvalue weighted by molar-refractivity contribution is 6.31. The number of amides is 1. The lowest BCUT2D eigenvalue weighted by Crippen LogP contribution is -2.43. The van der Waals surface area contributed by atoms with E-state index in [0.29, 0.717) is 22.5 Å². The zero-order valence-corrected chi connectivity index (χ0v) is 16.4. The number of hydrogen-bond donors (Lipinski definition) is 2. The minimum atomic E-state index is -0.619. The van der Waals surface area contributed by atoms with E-state index in [-0.39, 0.29) is 17.6 Å². The van der Waals surface area contributed by atoms with Crippen molar-refractivity contribution in [3.63, 3.8) is 0 Å². The summed E-state index contributed by atoms with van der Waals surface area (Å²) in [6, 6.07) is 14.6. The number of imidazole rings is 1. The molecular weight excluding hydrogens is 374 g/mol. The molecule has 0 saturated heterocycles. The van der Waals surface area contributed by atoms with Crippen LogP contribution in [0, 0.1) is 0 Å². The zero-order valence-electron chi connectivity index (χ0n) is 15.7. The van der Waals surface area contributed by atoms with Gasteiger partial charge in [0.15, 0.2) is 0 Å². The number of hydrogen-bond acceptors (Lipinski definition) is 2. The highest BCUT2D eigenvalue weighted by atomic mass is 35.5. The van der Waals surface area contributed by atoms with Gasteiger partial charge in [-0.2, -0.15) is 0 Å². The number of fused-ring (bicyclic) bond motifs is 1. The van der Waals surface area contributed by atoms with Crippen molar-refractivity contribution >= 4 is 28.5 Å². The summed E-state index contributed by atoms with van der Waals surface area (Å²) in [5.41, 5.74) is 2.05. The summed E-state index contributed by atoms with van der Waals surface area (Å²) in [4.78, 5) is 28.9. The molecule has 4 rings (SSSR count). The van der Waals surface area contributed by atoms with Crippen LogP contribution in [0.15, 0.2) is 53.3 Å². The molecule has 0 aliphatic heterocycles. The molecule has 0 radical (unpaired) electrons. The van der Waals surface area contributed by atoms with E-state index >= 15 is 0 Å². The third-order valence-corrected chi connectivity index (χ3v) is 5.75. The van der Waals surface area contributed by atoms with Crippen LogP contribution in [0.3, 0.4) is 0 Å². The van der Waals surface area contributed by atoms with E-state index in [1.54, 1.807) is 22.8 Å². The van der Waals surface area contributed by atoms with E-state index < -0.39 is 6.04 Å². The molecule has 6 heteroatoms. The van der Waals surface area contributed by atoms with Crippen molar-refractivity contribution in [3.05, 3.63) is 69.6 Å². The number of aromatic amines is 1. The second kappa shape index (κ2) is 8.23. The summed E-state index contributed by atoms with van der Waals surface area (Å²) < 4.78 is 1.57. The number of benzene rings is 2. The van der Waals surface area contributed by atoms with Gasteiger partial charge in [0.25, 0.3) is 0 Å². The normalized spacial score (nSPS) is 16.2. The Bertz CT molecular complexity index is 1020. The molecule has 1 aliphatic rings. The van der Waals surface area contributed by atoms with Gasteiger partial charge in [0.2, 0.25) is 5.91 Å². The molecule has 1 aliphatic carbocycles. The first-order chi connectivity index (χ1) is 13.6. The van der Waals surface area contributed by atoms with Gasteiger partial charge in [-0.3, -0.25) is 9.36 Å². The van der Waals surface area contributed by atoms with Crippen LogP contribution in [0.25, 0.3) is 11.0 Å². The Morgan fingerprint density at radius 2 is 1.89 bits per heavy atom. The molecule has 1 fully saturated rings. The standard InChI is InChI=1S/C22H24ClN3O2/c23-16-11-12-19-18(14-16)25-22(28)26(19)20(13-15-7-3-1-4-8-15)21(27)24-17-9-5-2-6-10-17/h1,3-4,7-8,11-12,14,17,20H,2,5-6,9-10,13H2,(H,24,27)(H,25,28). The summed E-state index contributed by atoms with van der Waals surface area (Å²) in [7, 11) is 0. The summed E-state index contributed by atoms with van der Waals surface area (Å²) in [6.45, 7) is 0. The van der Waals surface area contributed by atoms with Gasteiger partial charge >= 0.3 is 5.69 Å². The monoisotopic (exact) mass is 397 g/mol. The topological polar surface area (TPSA) is 66.9 Å². The van der Waals surface area contributed by atoms with Crippen molar-refractivity contribution in [2.75, 3.05) is 0 Å². The van der Waals surface area contributed by atoms with Gasteiger partial charge in [0.1, 0.15) is 6.04 Å². The number of carbonyl (C=O) groups excluding carboxylic acids is 1. The van der Waals surface area contributed by atoms with Crippen molar-refractivity contribution in [1.82, 2.24) is 14.9 Å². The number of carbonyl (C=O) groups is 1. The maximum absolute atomic E-state index is 13.3. The first-order valence-electron chi connectivity index (χ1n) is 9.86. The first kappa shape index (κ1) is 18.8. The second-order valence-corrected chi connectivity index (χ2v) is 7.95. The minimum Gasteiger partial charge on any atom is -0.352 e. The fraction of sp³-hybridized carbons (Fsp3) is 0.364. The van der Waals surface area contributed by atoms with Gasteiger partial charge < -0.3 is 10.3 Å². The average Bonchev–Trinajstić information content (AvgIpc) is 3.02. The molecule has 1 aromatic heterocycles. The largest absolute Gasteiger partial charge is 0.352 e. The maximum Gasteiger partial charge on any atom is 0.327 e. The maximum atomic E-state index is 13.3. The lowest BCUT2D eigenvalue weighted by atomic mass is 9.95. The molecule has 1 unspecified atom stereocenters. The Hall–Kier alpha value is -2.53. The number of nitrogens with one attached hydrogen (secondary N) is 2. The van der Waals surface area contributed by atoms with E-state index in [4.69, 9.17) is 11.6 Å². The molecule has 1 heterocycles. The SMILES string of the molecule is O=C(NC1CCCCC1)C(Cc1ccccc1)n1c(=O)[nH]c2cc(Cl)ccc21. The van der Waals surface area contributed by atoms with Gasteiger partial charge in [-0.15, -0.1) is 0 Å². The van der Waals surface area contributed by atoms with Crippen molar-refractivity contribution < 1.29 is 4.79 Å². The molecule has 5 nitrogen and oxygen atoms in total. The molecule has 1 amide bonds. The summed E-state index contributed by atoms with van der Waals surface area (Å²) >= 11 is 6.07. The van der Waals surface area contributed by atoms with E-state index in [1.165, 1.54) is 6.42 Å². The van der Waals surface area contributed by atoms with Crippen LogP contribution in [0.4, 0.5) is 0 Å². The Morgan fingerprint density at radius 1 is 1.14 bits per heavy atom. The quantitative estimate of drug-likeness (QED) is 0.677. The van der Waals surface area contributed by atoms with Crippen LogP contribution in [0.2, 0.25) is 5.02 Å². The average molecular weight is 398 g/mol. The molecule has 0 bridgehead atoms. The van der Waals surface area contributed by atoms with E-state index in [2.05, 4.69) is 10.3 Å². The third kappa shape index (κ3) is 3.99. The predicted molar refractivity (Wildman–Crippen MR) is 112 cm³/mol. The second-order valence-electron chi connectivity index (χ2n) is 7.51. The Morgan fingerprint density at radius 3 is 2.64 bits per heavy atom. The Labute approximate surface area is 168 Å². The number of halogens is 1. The van der Waals surface area contributed by atoms with Crippen molar-refractivity contribution in [3.8, 4) is 0 Å². The molecule has 3 aromatic rings. The highest BCUT2D eigenvalue weighted by Gasteiger charge is 2.27. The van der Waals surface area contributed by atoms with E-state index in [9.17, 15) is 9.59 Å². The first-order valence-corrected chi connectivity index (χ1v) is 10.2. The summed E-state index contributed by atoms with van der Waals surface area (Å²) in [5.74, 6) is -0.103. The van der Waals surface area contributed by atoms with Crippen LogP contribution >= 0.6 is 11.6 Å². The van der Waals surface area contributed by atoms with E-state index in [1.807, 2.05) is 30.3 Å². The molecule has 2 N–H and O–H groups in total. The van der Waals surface area contributed by atoms with Gasteiger partial charge in [0.05, 0.1) is 11.0 Å². The molecule has 2 aromatic carbocycles. The van der Waals surface area contributed by atoms with Crippen LogP contribution in [0.1, 0.15) is 43.7 Å². The van der Waals surface area contributed by atoms with Gasteiger partial charge in [-0.25, -0.2) is 4.79 Å². The van der Waals surface area contributed by atoms with Crippen LogP contribution in [-0.2, 0) is 11.2 Å². The van der Waals surface area contributed by atoms with E-state index in [0.717, 1.165) is 31.2 Å². The lowest BCUT2D eigenvalue weighted by Gasteiger charge is -2.26. The van der Waals surface area contributed by atoms with Crippen LogP contribution < -0.4 is 11.0 Å². The highest BCUT2D eigenvalue weighted by Crippen LogP contribution is 2.23. The smallest absolute Gasteiger partial charge is 0.327 e. The Kier molecular flexibility index (Phi) is 5.53. The molecule has 1 atom stereocenters. The fourth-order valence-corrected chi connectivity index (χ4v) is 4.27.